The minimum Gasteiger partial charge on any atom is -0.356 e. The lowest BCUT2D eigenvalue weighted by molar-refractivity contribution is -0.126. The number of rotatable bonds is 12. The van der Waals surface area contributed by atoms with Crippen LogP contribution in [0.4, 0.5) is 0 Å². The van der Waals surface area contributed by atoms with Crippen LogP contribution in [0.2, 0.25) is 0 Å². The van der Waals surface area contributed by atoms with E-state index in [0.29, 0.717) is 32.4 Å². The van der Waals surface area contributed by atoms with Crippen molar-refractivity contribution in [3.05, 3.63) is 0 Å². The number of nitrogens with zero attached hydrogens (tertiary/aromatic N) is 1. The number of unbranched alkanes of at least 4 members (excludes halogenated alkanes) is 3. The first-order valence-electron chi connectivity index (χ1n) is 10.6. The highest BCUT2D eigenvalue weighted by Crippen LogP contribution is 2.22. The Labute approximate surface area is 162 Å². The lowest BCUT2D eigenvalue weighted by atomic mass is 9.97. The molecule has 2 atom stereocenters. The van der Waals surface area contributed by atoms with Crippen LogP contribution in [0.1, 0.15) is 86.9 Å². The SMILES string of the molecule is CCC(C)CCCCCCNC(=O)C1CCN(S(=O)(=O)C(C)CC)CC1.[HH]. The summed E-state index contributed by atoms with van der Waals surface area (Å²) >= 11 is 0. The zero-order chi connectivity index (χ0) is 19.6. The third kappa shape index (κ3) is 7.55. The van der Waals surface area contributed by atoms with Crippen LogP contribution in [0, 0.1) is 11.8 Å². The van der Waals surface area contributed by atoms with Crippen LogP contribution in [0.5, 0.6) is 0 Å². The second-order valence-electron chi connectivity index (χ2n) is 7.94. The highest BCUT2D eigenvalue weighted by atomic mass is 32.2. The second kappa shape index (κ2) is 12.0. The molecule has 156 valence electrons. The maximum Gasteiger partial charge on any atom is 0.223 e. The Morgan fingerprint density at radius 1 is 1.08 bits per heavy atom. The first kappa shape index (κ1) is 23.4. The first-order valence-corrected chi connectivity index (χ1v) is 12.1. The molecule has 1 fully saturated rings. The number of sulfonamides is 1. The molecular formula is C20H42N2O3S. The molecule has 1 aliphatic rings. The van der Waals surface area contributed by atoms with E-state index in [1.54, 1.807) is 11.2 Å². The highest BCUT2D eigenvalue weighted by Gasteiger charge is 2.33. The fourth-order valence-electron chi connectivity index (χ4n) is 3.37. The molecule has 0 spiro atoms. The van der Waals surface area contributed by atoms with Crippen LogP contribution in [0.25, 0.3) is 0 Å². The number of amides is 1. The van der Waals surface area contributed by atoms with Gasteiger partial charge in [0.1, 0.15) is 0 Å². The average molecular weight is 391 g/mol. The van der Waals surface area contributed by atoms with E-state index < -0.39 is 10.0 Å². The van der Waals surface area contributed by atoms with Crippen molar-refractivity contribution in [2.24, 2.45) is 11.8 Å². The summed E-state index contributed by atoms with van der Waals surface area (Å²) in [6.07, 6.45) is 9.19. The monoisotopic (exact) mass is 390 g/mol. The predicted molar refractivity (Wildman–Crippen MR) is 111 cm³/mol. The van der Waals surface area contributed by atoms with Crippen molar-refractivity contribution in [1.82, 2.24) is 9.62 Å². The minimum absolute atomic E-state index is 0. The fraction of sp³-hybridized carbons (Fsp3) is 0.950. The number of piperidine rings is 1. The quantitative estimate of drug-likeness (QED) is 0.508. The van der Waals surface area contributed by atoms with Crippen molar-refractivity contribution in [2.45, 2.75) is 90.7 Å². The Morgan fingerprint density at radius 2 is 1.69 bits per heavy atom. The molecule has 26 heavy (non-hydrogen) atoms. The van der Waals surface area contributed by atoms with E-state index in [4.69, 9.17) is 0 Å². The summed E-state index contributed by atoms with van der Waals surface area (Å²) in [5.41, 5.74) is 0. The van der Waals surface area contributed by atoms with Crippen LogP contribution in [0.15, 0.2) is 0 Å². The standard InChI is InChI=1S/C20H40N2O3S.H2/c1-5-17(3)11-9-7-8-10-14-21-20(23)19-12-15-22(16-13-19)26(24,25)18(4)6-2;/h17-19H,5-16H2,1-4H3,(H,21,23);1H. The molecule has 1 N–H and O–H groups in total. The molecule has 0 radical (unpaired) electrons. The van der Waals surface area contributed by atoms with Gasteiger partial charge in [-0.15, -0.1) is 0 Å². The Morgan fingerprint density at radius 3 is 2.27 bits per heavy atom. The Bertz CT molecular complexity index is 505. The van der Waals surface area contributed by atoms with E-state index in [0.717, 1.165) is 18.9 Å². The molecule has 1 rings (SSSR count). The molecule has 1 saturated heterocycles. The zero-order valence-electron chi connectivity index (χ0n) is 17.3. The minimum atomic E-state index is -3.20. The molecule has 0 aromatic heterocycles. The highest BCUT2D eigenvalue weighted by molar-refractivity contribution is 7.89. The van der Waals surface area contributed by atoms with Gasteiger partial charge in [-0.3, -0.25) is 4.79 Å². The van der Waals surface area contributed by atoms with Gasteiger partial charge in [0, 0.05) is 27.0 Å². The van der Waals surface area contributed by atoms with Crippen molar-refractivity contribution in [2.75, 3.05) is 19.6 Å². The van der Waals surface area contributed by atoms with Gasteiger partial charge in [0.25, 0.3) is 0 Å². The summed E-state index contributed by atoms with van der Waals surface area (Å²) in [5, 5.41) is 2.70. The van der Waals surface area contributed by atoms with Gasteiger partial charge in [0.05, 0.1) is 5.25 Å². The van der Waals surface area contributed by atoms with Crippen molar-refractivity contribution in [3.8, 4) is 0 Å². The fourth-order valence-corrected chi connectivity index (χ4v) is 5.02. The van der Waals surface area contributed by atoms with E-state index >= 15 is 0 Å². The van der Waals surface area contributed by atoms with E-state index in [1.165, 1.54) is 32.1 Å². The van der Waals surface area contributed by atoms with Crippen molar-refractivity contribution in [3.63, 3.8) is 0 Å². The third-order valence-electron chi connectivity index (χ3n) is 5.89. The van der Waals surface area contributed by atoms with E-state index in [1.807, 2.05) is 6.92 Å². The normalized spacial score (nSPS) is 19.2. The van der Waals surface area contributed by atoms with Crippen LogP contribution in [-0.4, -0.2) is 43.5 Å². The molecule has 1 amide bonds. The van der Waals surface area contributed by atoms with Crippen LogP contribution in [-0.2, 0) is 14.8 Å². The topological polar surface area (TPSA) is 66.5 Å². The number of nitrogens with one attached hydrogen (secondary N) is 1. The molecule has 0 aliphatic carbocycles. The van der Waals surface area contributed by atoms with Gasteiger partial charge in [0.15, 0.2) is 0 Å². The van der Waals surface area contributed by atoms with Crippen molar-refractivity contribution in [1.29, 1.82) is 0 Å². The maximum atomic E-state index is 12.4. The molecule has 0 aromatic rings. The largest absolute Gasteiger partial charge is 0.356 e. The van der Waals surface area contributed by atoms with Crippen molar-refractivity contribution < 1.29 is 14.6 Å². The molecule has 2 unspecified atom stereocenters. The lowest BCUT2D eigenvalue weighted by Gasteiger charge is -2.32. The van der Waals surface area contributed by atoms with Crippen LogP contribution < -0.4 is 5.32 Å². The van der Waals surface area contributed by atoms with Gasteiger partial charge < -0.3 is 5.32 Å². The molecule has 6 heteroatoms. The number of carbonyl (C=O) groups is 1. The number of carbonyl (C=O) groups excluding carboxylic acids is 1. The van der Waals surface area contributed by atoms with Crippen LogP contribution in [0.3, 0.4) is 0 Å². The molecule has 1 aliphatic heterocycles. The predicted octanol–water partition coefficient (Wildman–Crippen LogP) is 4.19. The number of hydrogen-bond donors (Lipinski definition) is 1. The van der Waals surface area contributed by atoms with Gasteiger partial charge in [-0.25, -0.2) is 12.7 Å². The average Bonchev–Trinajstić information content (AvgIpc) is 2.66. The van der Waals surface area contributed by atoms with Crippen molar-refractivity contribution >= 4 is 15.9 Å². The van der Waals surface area contributed by atoms with E-state index in [9.17, 15) is 13.2 Å². The second-order valence-corrected chi connectivity index (χ2v) is 10.3. The van der Waals surface area contributed by atoms with Crippen LogP contribution >= 0.6 is 0 Å². The summed E-state index contributed by atoms with van der Waals surface area (Å²) in [5.74, 6) is 0.888. The van der Waals surface area contributed by atoms with Gasteiger partial charge >= 0.3 is 0 Å². The summed E-state index contributed by atoms with van der Waals surface area (Å²) in [6.45, 7) is 9.89. The van der Waals surface area contributed by atoms with Gasteiger partial charge in [-0.1, -0.05) is 52.9 Å². The Balaban J connectivity index is 0.00000676. The number of hydrogen-bond acceptors (Lipinski definition) is 3. The summed E-state index contributed by atoms with van der Waals surface area (Å²) in [6, 6.07) is 0. The smallest absolute Gasteiger partial charge is 0.223 e. The van der Waals surface area contributed by atoms with E-state index in [-0.39, 0.29) is 18.5 Å². The van der Waals surface area contributed by atoms with Gasteiger partial charge in [0.2, 0.25) is 15.9 Å². The summed E-state index contributed by atoms with van der Waals surface area (Å²) in [4.78, 5) is 12.3. The Kier molecular flexibility index (Phi) is 10.8. The Hall–Kier alpha value is -0.620. The van der Waals surface area contributed by atoms with Gasteiger partial charge in [-0.05, 0) is 38.5 Å². The maximum absolute atomic E-state index is 12.4. The molecule has 5 nitrogen and oxygen atoms in total. The lowest BCUT2D eigenvalue weighted by Crippen LogP contribution is -2.45. The first-order chi connectivity index (χ1) is 12.3. The summed E-state index contributed by atoms with van der Waals surface area (Å²) in [7, 11) is -3.20. The summed E-state index contributed by atoms with van der Waals surface area (Å²) < 4.78 is 26.3. The zero-order valence-corrected chi connectivity index (χ0v) is 18.1. The molecule has 0 saturated carbocycles. The van der Waals surface area contributed by atoms with E-state index in [2.05, 4.69) is 19.2 Å². The van der Waals surface area contributed by atoms with Gasteiger partial charge in [-0.2, -0.15) is 0 Å². The third-order valence-corrected chi connectivity index (χ3v) is 8.32. The molecule has 0 aromatic carbocycles. The molecule has 0 bridgehead atoms. The molecule has 1 heterocycles. The molecular weight excluding hydrogens is 348 g/mol.